The van der Waals surface area contributed by atoms with E-state index in [0.29, 0.717) is 18.3 Å². The zero-order valence-electron chi connectivity index (χ0n) is 10.2. The lowest BCUT2D eigenvalue weighted by Crippen LogP contribution is -2.11. The Hall–Kier alpha value is -1.80. The summed E-state index contributed by atoms with van der Waals surface area (Å²) in [5, 5.41) is 6.26. The second-order valence-corrected chi connectivity index (χ2v) is 6.28. The van der Waals surface area contributed by atoms with Crippen LogP contribution in [-0.4, -0.2) is 23.2 Å². The predicted molar refractivity (Wildman–Crippen MR) is 70.0 cm³/mol. The summed E-state index contributed by atoms with van der Waals surface area (Å²) in [4.78, 5) is 0.237. The highest BCUT2D eigenvalue weighted by Gasteiger charge is 2.27. The third-order valence-electron chi connectivity index (χ3n) is 3.12. The highest BCUT2D eigenvalue weighted by molar-refractivity contribution is 7.92. The third-order valence-corrected chi connectivity index (χ3v) is 4.47. The largest absolute Gasteiger partial charge is 0.346 e. The summed E-state index contributed by atoms with van der Waals surface area (Å²) in [7, 11) is -3.59. The van der Waals surface area contributed by atoms with E-state index in [2.05, 4.69) is 14.9 Å². The summed E-state index contributed by atoms with van der Waals surface area (Å²) in [6.45, 7) is 0.331. The minimum Gasteiger partial charge on any atom is -0.346 e. The fourth-order valence-electron chi connectivity index (χ4n) is 2.02. The highest BCUT2D eigenvalue weighted by atomic mass is 32.2. The molecule has 0 unspecified atom stereocenters. The summed E-state index contributed by atoms with van der Waals surface area (Å²) in [5.41, 5.74) is 6.91. The lowest BCUT2D eigenvalue weighted by molar-refractivity contribution is 0.600. The molecular formula is C11H15N5O2S. The molecule has 1 saturated carbocycles. The van der Waals surface area contributed by atoms with Crippen LogP contribution in [0.5, 0.6) is 0 Å². The summed E-state index contributed by atoms with van der Waals surface area (Å²) in [6, 6.07) is 2.03. The van der Waals surface area contributed by atoms with Crippen LogP contribution >= 0.6 is 0 Å². The molecule has 102 valence electrons. The lowest BCUT2D eigenvalue weighted by Gasteiger charge is -2.04. The normalized spacial score (nSPS) is 15.6. The average molecular weight is 281 g/mol. The number of H-pyrrole nitrogens is 1. The van der Waals surface area contributed by atoms with Crippen LogP contribution in [0.2, 0.25) is 0 Å². The molecule has 2 aromatic heterocycles. The van der Waals surface area contributed by atoms with Crippen molar-refractivity contribution in [3.05, 3.63) is 30.4 Å². The summed E-state index contributed by atoms with van der Waals surface area (Å²) >= 11 is 0. The number of nitrogens with two attached hydrogens (primary N) is 1. The SMILES string of the molecule is NCc1cc(S(=O)(=O)Nc2cn[nH]c2)cn1C1CC1. The van der Waals surface area contributed by atoms with Gasteiger partial charge in [0.25, 0.3) is 10.0 Å². The maximum absolute atomic E-state index is 12.2. The van der Waals surface area contributed by atoms with Crippen molar-refractivity contribution in [1.82, 2.24) is 14.8 Å². The van der Waals surface area contributed by atoms with Crippen LogP contribution < -0.4 is 10.5 Å². The van der Waals surface area contributed by atoms with Crippen molar-refractivity contribution in [2.24, 2.45) is 5.73 Å². The molecule has 2 heterocycles. The highest BCUT2D eigenvalue weighted by Crippen LogP contribution is 2.37. The van der Waals surface area contributed by atoms with Crippen LogP contribution in [0.1, 0.15) is 24.6 Å². The molecule has 1 aliphatic rings. The number of hydrogen-bond donors (Lipinski definition) is 3. The molecular weight excluding hydrogens is 266 g/mol. The van der Waals surface area contributed by atoms with Gasteiger partial charge in [0, 0.05) is 30.7 Å². The number of rotatable bonds is 5. The van der Waals surface area contributed by atoms with Crippen LogP contribution in [0.25, 0.3) is 0 Å². The van der Waals surface area contributed by atoms with Crippen molar-refractivity contribution >= 4 is 15.7 Å². The van der Waals surface area contributed by atoms with Gasteiger partial charge in [-0.15, -0.1) is 0 Å². The molecule has 0 saturated heterocycles. The zero-order valence-corrected chi connectivity index (χ0v) is 11.0. The number of sulfonamides is 1. The van der Waals surface area contributed by atoms with E-state index >= 15 is 0 Å². The molecule has 1 aliphatic carbocycles. The average Bonchev–Trinajstić information content (AvgIpc) is 2.91. The van der Waals surface area contributed by atoms with Crippen molar-refractivity contribution in [2.45, 2.75) is 30.3 Å². The van der Waals surface area contributed by atoms with Gasteiger partial charge in [-0.25, -0.2) is 8.42 Å². The minimum absolute atomic E-state index is 0.237. The van der Waals surface area contributed by atoms with E-state index in [9.17, 15) is 8.42 Å². The van der Waals surface area contributed by atoms with Crippen LogP contribution in [0, 0.1) is 0 Å². The Morgan fingerprint density at radius 3 is 2.89 bits per heavy atom. The Morgan fingerprint density at radius 1 is 1.53 bits per heavy atom. The Kier molecular flexibility index (Phi) is 2.83. The van der Waals surface area contributed by atoms with Gasteiger partial charge in [0.15, 0.2) is 0 Å². The van der Waals surface area contributed by atoms with Gasteiger partial charge >= 0.3 is 0 Å². The maximum Gasteiger partial charge on any atom is 0.263 e. The minimum atomic E-state index is -3.59. The van der Waals surface area contributed by atoms with Gasteiger partial charge in [-0.05, 0) is 18.9 Å². The molecule has 0 aromatic carbocycles. The summed E-state index contributed by atoms with van der Waals surface area (Å²) in [5.74, 6) is 0. The molecule has 19 heavy (non-hydrogen) atoms. The van der Waals surface area contributed by atoms with E-state index in [4.69, 9.17) is 5.73 Å². The molecule has 1 fully saturated rings. The fourth-order valence-corrected chi connectivity index (χ4v) is 3.10. The van der Waals surface area contributed by atoms with Gasteiger partial charge in [-0.3, -0.25) is 9.82 Å². The Balaban J connectivity index is 1.92. The number of aromatic nitrogens is 3. The first kappa shape index (κ1) is 12.2. The van der Waals surface area contributed by atoms with E-state index < -0.39 is 10.0 Å². The molecule has 7 nitrogen and oxygen atoms in total. The molecule has 0 amide bonds. The van der Waals surface area contributed by atoms with Gasteiger partial charge in [-0.1, -0.05) is 0 Å². The first-order valence-corrected chi connectivity index (χ1v) is 7.51. The molecule has 4 N–H and O–H groups in total. The predicted octanol–water partition coefficient (Wildman–Crippen LogP) is 0.806. The maximum atomic E-state index is 12.2. The second-order valence-electron chi connectivity index (χ2n) is 4.60. The van der Waals surface area contributed by atoms with Crippen LogP contribution in [0.15, 0.2) is 29.6 Å². The van der Waals surface area contributed by atoms with Gasteiger partial charge in [0.05, 0.1) is 11.9 Å². The number of nitrogens with zero attached hydrogens (tertiary/aromatic N) is 2. The monoisotopic (exact) mass is 281 g/mol. The van der Waals surface area contributed by atoms with E-state index in [1.165, 1.54) is 12.4 Å². The Labute approximate surface area is 110 Å². The van der Waals surface area contributed by atoms with Gasteiger partial charge < -0.3 is 10.3 Å². The van der Waals surface area contributed by atoms with E-state index in [1.54, 1.807) is 12.3 Å². The van der Waals surface area contributed by atoms with Crippen molar-refractivity contribution < 1.29 is 8.42 Å². The lowest BCUT2D eigenvalue weighted by atomic mass is 10.4. The number of nitrogens with one attached hydrogen (secondary N) is 2. The zero-order chi connectivity index (χ0) is 13.5. The van der Waals surface area contributed by atoms with Gasteiger partial charge in [0.2, 0.25) is 0 Å². The molecule has 0 atom stereocenters. The van der Waals surface area contributed by atoms with Crippen LogP contribution in [0.4, 0.5) is 5.69 Å². The van der Waals surface area contributed by atoms with Crippen molar-refractivity contribution in [3.8, 4) is 0 Å². The standard InChI is InChI=1S/C11H15N5O2S/c12-4-10-3-11(7-16(10)9-1-2-9)19(17,18)15-8-5-13-14-6-8/h3,5-7,9,15H,1-2,4,12H2,(H,13,14). The number of anilines is 1. The van der Waals surface area contributed by atoms with E-state index in [1.807, 2.05) is 4.57 Å². The first-order valence-electron chi connectivity index (χ1n) is 6.02. The van der Waals surface area contributed by atoms with Crippen molar-refractivity contribution in [1.29, 1.82) is 0 Å². The fraction of sp³-hybridized carbons (Fsp3) is 0.364. The van der Waals surface area contributed by atoms with E-state index in [-0.39, 0.29) is 4.90 Å². The number of hydrogen-bond acceptors (Lipinski definition) is 4. The van der Waals surface area contributed by atoms with Crippen LogP contribution in [0.3, 0.4) is 0 Å². The smallest absolute Gasteiger partial charge is 0.263 e. The van der Waals surface area contributed by atoms with E-state index in [0.717, 1.165) is 18.5 Å². The topological polar surface area (TPSA) is 106 Å². The second kappa shape index (κ2) is 4.39. The molecule has 8 heteroatoms. The van der Waals surface area contributed by atoms with Crippen molar-refractivity contribution in [2.75, 3.05) is 4.72 Å². The van der Waals surface area contributed by atoms with Crippen LogP contribution in [-0.2, 0) is 16.6 Å². The Bertz CT molecular complexity index is 670. The first-order chi connectivity index (χ1) is 9.10. The third kappa shape index (κ3) is 2.36. The Morgan fingerprint density at radius 2 is 2.32 bits per heavy atom. The quantitative estimate of drug-likeness (QED) is 0.753. The molecule has 0 bridgehead atoms. The number of aromatic amines is 1. The van der Waals surface area contributed by atoms with Gasteiger partial charge in [0.1, 0.15) is 4.90 Å². The molecule has 0 spiro atoms. The van der Waals surface area contributed by atoms with Crippen molar-refractivity contribution in [3.63, 3.8) is 0 Å². The van der Waals surface area contributed by atoms with Gasteiger partial charge in [-0.2, -0.15) is 5.10 Å². The summed E-state index contributed by atoms with van der Waals surface area (Å²) in [6.07, 6.45) is 6.72. The summed E-state index contributed by atoms with van der Waals surface area (Å²) < 4.78 is 28.9. The molecule has 0 aliphatic heterocycles. The molecule has 0 radical (unpaired) electrons. The molecule has 3 rings (SSSR count). The molecule has 2 aromatic rings.